The van der Waals surface area contributed by atoms with E-state index in [2.05, 4.69) is 16.2 Å². The number of nitrogens with one attached hydrogen (secondary N) is 3. The highest BCUT2D eigenvalue weighted by Crippen LogP contribution is 2.26. The zero-order chi connectivity index (χ0) is 14.9. The number of carbonyl (C=O) groups is 1. The molecule has 1 fully saturated rings. The normalized spacial score (nSPS) is 25.4. The highest BCUT2D eigenvalue weighted by molar-refractivity contribution is 5.96. The Labute approximate surface area is 113 Å². The topological polar surface area (TPSA) is 117 Å². The van der Waals surface area contributed by atoms with Crippen LogP contribution in [-0.2, 0) is 4.79 Å². The van der Waals surface area contributed by atoms with Crippen LogP contribution in [-0.4, -0.2) is 34.1 Å². The SMILES string of the molecule is CC1NNC(C(=O)Nc2c(O)cccc2F)C1[N+](=O)[O-]. The van der Waals surface area contributed by atoms with Gasteiger partial charge in [-0.25, -0.2) is 15.2 Å². The van der Waals surface area contributed by atoms with Gasteiger partial charge in [-0.3, -0.25) is 14.9 Å². The number of hydrazine groups is 1. The van der Waals surface area contributed by atoms with E-state index in [1.807, 2.05) is 0 Å². The largest absolute Gasteiger partial charge is 0.506 e. The summed E-state index contributed by atoms with van der Waals surface area (Å²) in [6.45, 7) is 1.55. The van der Waals surface area contributed by atoms with Crippen LogP contribution in [0.5, 0.6) is 5.75 Å². The number of aromatic hydroxyl groups is 1. The number of anilines is 1. The summed E-state index contributed by atoms with van der Waals surface area (Å²) in [6, 6.07) is 0.617. The van der Waals surface area contributed by atoms with Gasteiger partial charge in [0.05, 0.1) is 6.04 Å². The quantitative estimate of drug-likeness (QED) is 0.352. The summed E-state index contributed by atoms with van der Waals surface area (Å²) in [4.78, 5) is 22.3. The molecule has 0 bridgehead atoms. The summed E-state index contributed by atoms with van der Waals surface area (Å²) in [6.07, 6.45) is 0. The van der Waals surface area contributed by atoms with Crippen molar-refractivity contribution in [3.63, 3.8) is 0 Å². The lowest BCUT2D eigenvalue weighted by Gasteiger charge is -2.14. The molecule has 0 aliphatic carbocycles. The van der Waals surface area contributed by atoms with Crippen LogP contribution in [0.25, 0.3) is 0 Å². The molecule has 1 aromatic carbocycles. The molecule has 0 aromatic heterocycles. The van der Waals surface area contributed by atoms with Crippen LogP contribution in [0.15, 0.2) is 18.2 Å². The molecule has 1 saturated heterocycles. The van der Waals surface area contributed by atoms with Gasteiger partial charge in [-0.15, -0.1) is 0 Å². The molecular formula is C11H13FN4O4. The van der Waals surface area contributed by atoms with E-state index in [0.717, 1.165) is 6.07 Å². The first-order valence-electron chi connectivity index (χ1n) is 5.84. The van der Waals surface area contributed by atoms with Crippen molar-refractivity contribution in [1.29, 1.82) is 0 Å². The monoisotopic (exact) mass is 284 g/mol. The molecule has 3 unspecified atom stereocenters. The fraction of sp³-hybridized carbons (Fsp3) is 0.364. The zero-order valence-corrected chi connectivity index (χ0v) is 10.5. The standard InChI is InChI=1S/C11H13FN4O4/c1-5-10(16(19)20)9(15-14-5)11(18)13-8-6(12)3-2-4-7(8)17/h2-5,9-10,14-15,17H,1H3,(H,13,18). The van der Waals surface area contributed by atoms with Crippen LogP contribution in [0.2, 0.25) is 0 Å². The van der Waals surface area contributed by atoms with Crippen molar-refractivity contribution in [3.05, 3.63) is 34.1 Å². The van der Waals surface area contributed by atoms with Gasteiger partial charge in [0.2, 0.25) is 5.91 Å². The Morgan fingerprint density at radius 1 is 1.50 bits per heavy atom. The maximum Gasteiger partial charge on any atom is 0.254 e. The zero-order valence-electron chi connectivity index (χ0n) is 10.5. The molecule has 0 spiro atoms. The lowest BCUT2D eigenvalue weighted by Crippen LogP contribution is -2.47. The summed E-state index contributed by atoms with van der Waals surface area (Å²) < 4.78 is 13.5. The van der Waals surface area contributed by atoms with E-state index in [1.165, 1.54) is 12.1 Å². The highest BCUT2D eigenvalue weighted by atomic mass is 19.1. The number of para-hydroxylation sites is 1. The van der Waals surface area contributed by atoms with Crippen molar-refractivity contribution in [3.8, 4) is 5.75 Å². The molecule has 8 nitrogen and oxygen atoms in total. The minimum Gasteiger partial charge on any atom is -0.506 e. The average molecular weight is 284 g/mol. The molecule has 3 atom stereocenters. The van der Waals surface area contributed by atoms with Gasteiger partial charge in [-0.05, 0) is 19.1 Å². The Hall–Kier alpha value is -2.26. The number of hydrogen-bond acceptors (Lipinski definition) is 6. The highest BCUT2D eigenvalue weighted by Gasteiger charge is 2.46. The Morgan fingerprint density at radius 2 is 2.20 bits per heavy atom. The van der Waals surface area contributed by atoms with E-state index in [9.17, 15) is 24.4 Å². The number of halogens is 1. The summed E-state index contributed by atoms with van der Waals surface area (Å²) in [5, 5.41) is 22.6. The van der Waals surface area contributed by atoms with Gasteiger partial charge in [0.25, 0.3) is 6.04 Å². The predicted octanol–water partition coefficient (Wildman–Crippen LogP) is -0.0200. The molecule has 1 aromatic rings. The van der Waals surface area contributed by atoms with Crippen LogP contribution in [0.1, 0.15) is 6.92 Å². The van der Waals surface area contributed by atoms with E-state index < -0.39 is 46.2 Å². The molecule has 1 aliphatic rings. The lowest BCUT2D eigenvalue weighted by molar-refractivity contribution is -0.522. The minimum absolute atomic E-state index is 0.402. The maximum absolute atomic E-state index is 13.5. The number of rotatable bonds is 3. The van der Waals surface area contributed by atoms with Gasteiger partial charge in [0, 0.05) is 4.92 Å². The third-order valence-corrected chi connectivity index (χ3v) is 3.09. The Morgan fingerprint density at radius 3 is 2.80 bits per heavy atom. The van der Waals surface area contributed by atoms with Gasteiger partial charge in [0.1, 0.15) is 11.4 Å². The number of carbonyl (C=O) groups excluding carboxylic acids is 1. The van der Waals surface area contributed by atoms with Crippen molar-refractivity contribution in [2.45, 2.75) is 25.0 Å². The van der Waals surface area contributed by atoms with Gasteiger partial charge in [0.15, 0.2) is 11.9 Å². The Kier molecular flexibility index (Phi) is 3.81. The molecule has 0 radical (unpaired) electrons. The van der Waals surface area contributed by atoms with Crippen molar-refractivity contribution in [1.82, 2.24) is 10.9 Å². The number of phenols is 1. The number of benzene rings is 1. The van der Waals surface area contributed by atoms with Gasteiger partial charge in [-0.1, -0.05) is 6.07 Å². The Balaban J connectivity index is 2.18. The molecule has 4 N–H and O–H groups in total. The molecule has 20 heavy (non-hydrogen) atoms. The molecule has 1 amide bonds. The number of hydrogen-bond donors (Lipinski definition) is 4. The maximum atomic E-state index is 13.5. The van der Waals surface area contributed by atoms with Crippen LogP contribution in [0.3, 0.4) is 0 Å². The molecular weight excluding hydrogens is 271 g/mol. The third-order valence-electron chi connectivity index (χ3n) is 3.09. The minimum atomic E-state index is -1.19. The first kappa shape index (κ1) is 14.2. The van der Waals surface area contributed by atoms with Crippen molar-refractivity contribution < 1.29 is 19.2 Å². The Bertz CT molecular complexity index is 533. The van der Waals surface area contributed by atoms with Crippen LogP contribution >= 0.6 is 0 Å². The van der Waals surface area contributed by atoms with Crippen molar-refractivity contribution in [2.75, 3.05) is 5.32 Å². The fourth-order valence-corrected chi connectivity index (χ4v) is 2.04. The molecule has 1 heterocycles. The van der Waals surface area contributed by atoms with Crippen LogP contribution < -0.4 is 16.2 Å². The van der Waals surface area contributed by atoms with Gasteiger partial charge >= 0.3 is 0 Å². The lowest BCUT2D eigenvalue weighted by atomic mass is 10.0. The second-order valence-corrected chi connectivity index (χ2v) is 4.45. The van der Waals surface area contributed by atoms with E-state index in [-0.39, 0.29) is 0 Å². The number of nitrogens with zero attached hydrogens (tertiary/aromatic N) is 1. The smallest absolute Gasteiger partial charge is 0.254 e. The second kappa shape index (κ2) is 5.39. The first-order valence-corrected chi connectivity index (χ1v) is 5.84. The average Bonchev–Trinajstić information content (AvgIpc) is 2.76. The van der Waals surface area contributed by atoms with Gasteiger partial charge in [-0.2, -0.15) is 0 Å². The fourth-order valence-electron chi connectivity index (χ4n) is 2.04. The summed E-state index contributed by atoms with van der Waals surface area (Å²) in [7, 11) is 0. The van der Waals surface area contributed by atoms with Crippen LogP contribution in [0, 0.1) is 15.9 Å². The third kappa shape index (κ3) is 2.53. The van der Waals surface area contributed by atoms with Crippen molar-refractivity contribution in [2.24, 2.45) is 0 Å². The number of amides is 1. The van der Waals surface area contributed by atoms with Crippen LogP contribution in [0.4, 0.5) is 10.1 Å². The number of nitro groups is 1. The van der Waals surface area contributed by atoms with E-state index in [0.29, 0.717) is 0 Å². The van der Waals surface area contributed by atoms with Crippen molar-refractivity contribution >= 4 is 11.6 Å². The van der Waals surface area contributed by atoms with E-state index in [4.69, 9.17) is 0 Å². The predicted molar refractivity (Wildman–Crippen MR) is 67.0 cm³/mol. The molecule has 2 rings (SSSR count). The van der Waals surface area contributed by atoms with E-state index in [1.54, 1.807) is 6.92 Å². The molecule has 108 valence electrons. The molecule has 0 saturated carbocycles. The first-order chi connectivity index (χ1) is 9.41. The summed E-state index contributed by atoms with van der Waals surface area (Å²) >= 11 is 0. The molecule has 9 heteroatoms. The van der Waals surface area contributed by atoms with E-state index >= 15 is 0 Å². The van der Waals surface area contributed by atoms with Gasteiger partial charge < -0.3 is 10.4 Å². The summed E-state index contributed by atoms with van der Waals surface area (Å²) in [5.74, 6) is -2.08. The number of phenolic OH excluding ortho intramolecular Hbond substituents is 1. The second-order valence-electron chi connectivity index (χ2n) is 4.45. The molecule has 1 aliphatic heterocycles. The summed E-state index contributed by atoms with van der Waals surface area (Å²) in [5.41, 5.74) is 4.68.